The summed E-state index contributed by atoms with van der Waals surface area (Å²) >= 11 is 6.50. The van der Waals surface area contributed by atoms with E-state index in [1.165, 1.54) is 11.3 Å². The van der Waals surface area contributed by atoms with Crippen LogP contribution in [-0.2, 0) is 0 Å². The molecule has 0 bridgehead atoms. The average Bonchev–Trinajstić information content (AvgIpc) is 3.09. The summed E-state index contributed by atoms with van der Waals surface area (Å²) in [6.07, 6.45) is 0. The molecule has 0 saturated heterocycles. The second kappa shape index (κ2) is 5.67. The predicted octanol–water partition coefficient (Wildman–Crippen LogP) is 5.23. The number of anilines is 1. The first kappa shape index (κ1) is 14.7. The standard InChI is InChI=1S/C16H10BrN3OS2/c1-8-18-11-6-7-12-14(13(11)22-8)23-16(19-12)20-15(21)9-2-4-10(17)5-3-9/h2-7H,1H3,(H,19,20,21). The molecule has 7 heteroatoms. The van der Waals surface area contributed by atoms with Crippen molar-refractivity contribution in [2.75, 3.05) is 5.32 Å². The molecule has 0 atom stereocenters. The number of nitrogens with one attached hydrogen (secondary N) is 1. The van der Waals surface area contributed by atoms with E-state index in [-0.39, 0.29) is 5.91 Å². The van der Waals surface area contributed by atoms with Crippen LogP contribution in [0.15, 0.2) is 40.9 Å². The predicted molar refractivity (Wildman–Crippen MR) is 99.6 cm³/mol. The lowest BCUT2D eigenvalue weighted by Crippen LogP contribution is -2.11. The fraction of sp³-hybridized carbons (Fsp3) is 0.0625. The molecule has 4 nitrogen and oxygen atoms in total. The average molecular weight is 404 g/mol. The van der Waals surface area contributed by atoms with E-state index in [4.69, 9.17) is 0 Å². The van der Waals surface area contributed by atoms with E-state index < -0.39 is 0 Å². The molecule has 2 aromatic heterocycles. The molecule has 1 amide bonds. The van der Waals surface area contributed by atoms with Gasteiger partial charge in [-0.25, -0.2) is 9.97 Å². The highest BCUT2D eigenvalue weighted by Gasteiger charge is 2.13. The van der Waals surface area contributed by atoms with Crippen molar-refractivity contribution < 1.29 is 4.79 Å². The van der Waals surface area contributed by atoms with E-state index in [1.54, 1.807) is 23.5 Å². The van der Waals surface area contributed by atoms with Crippen LogP contribution in [0.5, 0.6) is 0 Å². The van der Waals surface area contributed by atoms with Gasteiger partial charge in [-0.15, -0.1) is 11.3 Å². The summed E-state index contributed by atoms with van der Waals surface area (Å²) in [6.45, 7) is 1.99. The summed E-state index contributed by atoms with van der Waals surface area (Å²) in [7, 11) is 0. The fourth-order valence-electron chi connectivity index (χ4n) is 2.31. The Balaban J connectivity index is 1.70. The molecule has 114 valence electrons. The largest absolute Gasteiger partial charge is 0.298 e. The topological polar surface area (TPSA) is 54.9 Å². The highest BCUT2D eigenvalue weighted by molar-refractivity contribution is 9.10. The number of aromatic nitrogens is 2. The summed E-state index contributed by atoms with van der Waals surface area (Å²) in [5.74, 6) is -0.159. The number of hydrogen-bond acceptors (Lipinski definition) is 5. The minimum absolute atomic E-state index is 0.159. The van der Waals surface area contributed by atoms with Gasteiger partial charge in [-0.3, -0.25) is 10.1 Å². The minimum Gasteiger partial charge on any atom is -0.298 e. The van der Waals surface area contributed by atoms with E-state index in [0.29, 0.717) is 10.7 Å². The van der Waals surface area contributed by atoms with Gasteiger partial charge in [0, 0.05) is 10.0 Å². The number of hydrogen-bond donors (Lipinski definition) is 1. The van der Waals surface area contributed by atoms with Gasteiger partial charge in [-0.2, -0.15) is 0 Å². The molecule has 0 aliphatic carbocycles. The van der Waals surface area contributed by atoms with E-state index in [0.717, 1.165) is 29.9 Å². The number of benzene rings is 2. The second-order valence-corrected chi connectivity index (χ2v) is 8.09. The smallest absolute Gasteiger partial charge is 0.257 e. The Bertz CT molecular complexity index is 1040. The van der Waals surface area contributed by atoms with Crippen LogP contribution in [0.2, 0.25) is 0 Å². The maximum atomic E-state index is 12.3. The van der Waals surface area contributed by atoms with Gasteiger partial charge in [0.05, 0.1) is 25.4 Å². The monoisotopic (exact) mass is 403 g/mol. The Labute approximate surface area is 148 Å². The van der Waals surface area contributed by atoms with Gasteiger partial charge in [-0.05, 0) is 43.3 Å². The minimum atomic E-state index is -0.159. The van der Waals surface area contributed by atoms with Crippen molar-refractivity contribution in [3.05, 3.63) is 51.4 Å². The number of thiazole rings is 2. The summed E-state index contributed by atoms with van der Waals surface area (Å²) < 4.78 is 3.14. The van der Waals surface area contributed by atoms with Crippen LogP contribution < -0.4 is 5.32 Å². The van der Waals surface area contributed by atoms with Crippen LogP contribution in [0.3, 0.4) is 0 Å². The number of carbonyl (C=O) groups is 1. The Kier molecular flexibility index (Phi) is 3.63. The highest BCUT2D eigenvalue weighted by atomic mass is 79.9. The van der Waals surface area contributed by atoms with Crippen molar-refractivity contribution in [2.45, 2.75) is 6.92 Å². The van der Waals surface area contributed by atoms with Gasteiger partial charge in [0.1, 0.15) is 0 Å². The lowest BCUT2D eigenvalue weighted by molar-refractivity contribution is 0.102. The molecule has 0 aliphatic heterocycles. The Hall–Kier alpha value is -1.83. The molecule has 0 fully saturated rings. The maximum absolute atomic E-state index is 12.3. The van der Waals surface area contributed by atoms with Gasteiger partial charge in [0.25, 0.3) is 5.91 Å². The molecule has 0 radical (unpaired) electrons. The van der Waals surface area contributed by atoms with Gasteiger partial charge in [0.2, 0.25) is 0 Å². The van der Waals surface area contributed by atoms with Crippen LogP contribution >= 0.6 is 38.6 Å². The van der Waals surface area contributed by atoms with Crippen LogP contribution in [0, 0.1) is 6.92 Å². The summed E-state index contributed by atoms with van der Waals surface area (Å²) in [5.41, 5.74) is 2.47. The molecule has 0 saturated carbocycles. The molecule has 0 spiro atoms. The van der Waals surface area contributed by atoms with Crippen molar-refractivity contribution in [1.82, 2.24) is 9.97 Å². The lowest BCUT2D eigenvalue weighted by atomic mass is 10.2. The summed E-state index contributed by atoms with van der Waals surface area (Å²) in [4.78, 5) is 21.3. The van der Waals surface area contributed by atoms with Crippen LogP contribution in [0.1, 0.15) is 15.4 Å². The second-order valence-electron chi connectivity index (χ2n) is 4.97. The third-order valence-corrected chi connectivity index (χ3v) is 6.01. The van der Waals surface area contributed by atoms with Crippen LogP contribution in [0.25, 0.3) is 20.4 Å². The molecule has 0 unspecified atom stereocenters. The number of halogens is 1. The first-order chi connectivity index (χ1) is 11.1. The number of carbonyl (C=O) groups excluding carboxylic acids is 1. The molecule has 4 aromatic rings. The summed E-state index contributed by atoms with van der Waals surface area (Å²) in [5, 5.41) is 4.51. The van der Waals surface area contributed by atoms with Crippen molar-refractivity contribution in [3.8, 4) is 0 Å². The number of nitrogens with zero attached hydrogens (tertiary/aromatic N) is 2. The van der Waals surface area contributed by atoms with E-state index >= 15 is 0 Å². The number of aryl methyl sites for hydroxylation is 1. The normalized spacial score (nSPS) is 11.2. The van der Waals surface area contributed by atoms with Crippen LogP contribution in [-0.4, -0.2) is 15.9 Å². The number of fused-ring (bicyclic) bond motifs is 3. The molecule has 23 heavy (non-hydrogen) atoms. The number of amides is 1. The van der Waals surface area contributed by atoms with Gasteiger partial charge in [-0.1, -0.05) is 27.3 Å². The zero-order valence-electron chi connectivity index (χ0n) is 12.0. The zero-order valence-corrected chi connectivity index (χ0v) is 15.2. The van der Waals surface area contributed by atoms with Gasteiger partial charge in [0.15, 0.2) is 5.13 Å². The Morgan fingerprint density at radius 2 is 1.65 bits per heavy atom. The van der Waals surface area contributed by atoms with Gasteiger partial charge >= 0.3 is 0 Å². The molecule has 1 N–H and O–H groups in total. The van der Waals surface area contributed by atoms with E-state index in [2.05, 4.69) is 31.2 Å². The molecule has 4 rings (SSSR count). The van der Waals surface area contributed by atoms with Crippen molar-refractivity contribution in [2.24, 2.45) is 0 Å². The fourth-order valence-corrected chi connectivity index (χ4v) is 4.57. The first-order valence-electron chi connectivity index (χ1n) is 6.84. The van der Waals surface area contributed by atoms with Crippen molar-refractivity contribution in [3.63, 3.8) is 0 Å². The van der Waals surface area contributed by atoms with Crippen LogP contribution in [0.4, 0.5) is 5.13 Å². The molecule has 2 aromatic carbocycles. The molecule has 0 aliphatic rings. The van der Waals surface area contributed by atoms with E-state index in [9.17, 15) is 4.79 Å². The van der Waals surface area contributed by atoms with Crippen molar-refractivity contribution >= 4 is 70.1 Å². The third-order valence-electron chi connectivity index (χ3n) is 3.35. The highest BCUT2D eigenvalue weighted by Crippen LogP contribution is 2.35. The van der Waals surface area contributed by atoms with E-state index in [1.807, 2.05) is 31.2 Å². The Morgan fingerprint density at radius 3 is 2.39 bits per heavy atom. The lowest BCUT2D eigenvalue weighted by Gasteiger charge is -2.01. The zero-order chi connectivity index (χ0) is 16.0. The third kappa shape index (κ3) is 2.75. The molecule has 2 heterocycles. The SMILES string of the molecule is Cc1nc2ccc3nc(NC(=O)c4ccc(Br)cc4)sc3c2s1. The maximum Gasteiger partial charge on any atom is 0.257 e. The summed E-state index contributed by atoms with van der Waals surface area (Å²) in [6, 6.07) is 11.2. The quantitative estimate of drug-likeness (QED) is 0.498. The van der Waals surface area contributed by atoms with Crippen molar-refractivity contribution in [1.29, 1.82) is 0 Å². The number of rotatable bonds is 2. The molecular formula is C16H10BrN3OS2. The molecular weight excluding hydrogens is 394 g/mol. The first-order valence-corrected chi connectivity index (χ1v) is 9.26. The Morgan fingerprint density at radius 1 is 1.00 bits per heavy atom. The van der Waals surface area contributed by atoms with Gasteiger partial charge < -0.3 is 0 Å².